The Morgan fingerprint density at radius 2 is 1.79 bits per heavy atom. The molecule has 2 aromatic carbocycles. The molecule has 0 radical (unpaired) electrons. The number of anilines is 1. The van der Waals surface area contributed by atoms with Gasteiger partial charge in [0.1, 0.15) is 12.9 Å². The molecule has 168 valence electrons. The average molecular weight is 450 g/mol. The van der Waals surface area contributed by atoms with Crippen molar-refractivity contribution in [2.24, 2.45) is 0 Å². The Bertz CT molecular complexity index is 1480. The smallest absolute Gasteiger partial charge is 0.287 e. The number of nitrogens with one attached hydrogen (secondary N) is 1. The molecule has 0 amide bonds. The summed E-state index contributed by atoms with van der Waals surface area (Å²) in [5, 5.41) is 4.17. The normalized spacial score (nSPS) is 10.9. The predicted molar refractivity (Wildman–Crippen MR) is 132 cm³/mol. The van der Waals surface area contributed by atoms with Crippen molar-refractivity contribution in [1.82, 2.24) is 19.7 Å². The van der Waals surface area contributed by atoms with E-state index in [1.54, 1.807) is 6.20 Å². The van der Waals surface area contributed by atoms with E-state index < -0.39 is 0 Å². The molecule has 0 aliphatic rings. The van der Waals surface area contributed by atoms with Gasteiger partial charge in [0.15, 0.2) is 5.65 Å². The first kappa shape index (κ1) is 21.3. The van der Waals surface area contributed by atoms with E-state index in [0.29, 0.717) is 17.9 Å². The van der Waals surface area contributed by atoms with Crippen LogP contribution in [0.4, 0.5) is 5.69 Å². The van der Waals surface area contributed by atoms with E-state index in [4.69, 9.17) is 4.84 Å². The summed E-state index contributed by atoms with van der Waals surface area (Å²) in [5.74, 6) is 0. The molecule has 5 rings (SSSR count). The number of aromatic nitrogens is 4. The number of hydrogen-bond acceptors (Lipinski definition) is 6. The fourth-order valence-corrected chi connectivity index (χ4v) is 3.94. The SMILES string of the molecule is Cc1ncnc2c1c(NCc1ccccc1-c1cccnc1)cc(=O)n2OCc1ccccc1. The van der Waals surface area contributed by atoms with Gasteiger partial charge < -0.3 is 10.2 Å². The van der Waals surface area contributed by atoms with Gasteiger partial charge in [-0.2, -0.15) is 0 Å². The first-order valence-electron chi connectivity index (χ1n) is 11.0. The largest absolute Gasteiger partial charge is 0.404 e. The van der Waals surface area contributed by atoms with Gasteiger partial charge >= 0.3 is 0 Å². The van der Waals surface area contributed by atoms with Crippen LogP contribution >= 0.6 is 0 Å². The Morgan fingerprint density at radius 3 is 2.62 bits per heavy atom. The topological polar surface area (TPSA) is 81.9 Å². The number of rotatable bonds is 7. The zero-order chi connectivity index (χ0) is 23.3. The Labute approximate surface area is 196 Å². The molecule has 0 saturated heterocycles. The summed E-state index contributed by atoms with van der Waals surface area (Å²) < 4.78 is 1.24. The molecule has 7 nitrogen and oxygen atoms in total. The third kappa shape index (κ3) is 4.36. The van der Waals surface area contributed by atoms with Crippen molar-refractivity contribution < 1.29 is 4.84 Å². The van der Waals surface area contributed by atoms with Crippen molar-refractivity contribution in [2.75, 3.05) is 5.32 Å². The lowest BCUT2D eigenvalue weighted by Crippen LogP contribution is -2.28. The highest BCUT2D eigenvalue weighted by molar-refractivity contribution is 5.90. The zero-order valence-electron chi connectivity index (χ0n) is 18.7. The van der Waals surface area contributed by atoms with Crippen molar-refractivity contribution in [3.8, 4) is 11.1 Å². The number of fused-ring (bicyclic) bond motifs is 1. The number of aryl methyl sites for hydroxylation is 1. The van der Waals surface area contributed by atoms with Crippen LogP contribution in [0, 0.1) is 6.92 Å². The minimum absolute atomic E-state index is 0.254. The van der Waals surface area contributed by atoms with Crippen molar-refractivity contribution in [2.45, 2.75) is 20.1 Å². The summed E-state index contributed by atoms with van der Waals surface area (Å²) in [6.45, 7) is 2.66. The Kier molecular flexibility index (Phi) is 5.99. The standard InChI is InChI=1S/C27H23N5O2/c1-19-26-24(29-16-22-10-5-6-12-23(22)21-11-7-13-28-15-21)14-25(33)32(27(26)31-18-30-19)34-17-20-8-3-2-4-9-20/h2-15,18,29H,16-17H2,1H3. The van der Waals surface area contributed by atoms with E-state index in [1.807, 2.05) is 67.7 Å². The first-order chi connectivity index (χ1) is 16.7. The summed E-state index contributed by atoms with van der Waals surface area (Å²) in [4.78, 5) is 31.8. The summed E-state index contributed by atoms with van der Waals surface area (Å²) in [5.41, 5.74) is 5.71. The Hall–Kier alpha value is -4.52. The van der Waals surface area contributed by atoms with Gasteiger partial charge in [-0.05, 0) is 29.7 Å². The van der Waals surface area contributed by atoms with Gasteiger partial charge in [-0.25, -0.2) is 9.97 Å². The van der Waals surface area contributed by atoms with Crippen molar-refractivity contribution in [1.29, 1.82) is 0 Å². The van der Waals surface area contributed by atoms with E-state index in [-0.39, 0.29) is 12.2 Å². The molecule has 0 saturated carbocycles. The summed E-state index contributed by atoms with van der Waals surface area (Å²) in [7, 11) is 0. The quantitative estimate of drug-likeness (QED) is 0.397. The fraction of sp³-hybridized carbons (Fsp3) is 0.111. The number of hydrogen-bond donors (Lipinski definition) is 1. The maximum Gasteiger partial charge on any atom is 0.287 e. The summed E-state index contributed by atoms with van der Waals surface area (Å²) >= 11 is 0. The van der Waals surface area contributed by atoms with E-state index in [0.717, 1.165) is 33.3 Å². The van der Waals surface area contributed by atoms with Gasteiger partial charge in [0.25, 0.3) is 5.56 Å². The van der Waals surface area contributed by atoms with Crippen LogP contribution in [0.1, 0.15) is 16.8 Å². The fourth-order valence-electron chi connectivity index (χ4n) is 3.94. The molecule has 34 heavy (non-hydrogen) atoms. The maximum absolute atomic E-state index is 13.0. The van der Waals surface area contributed by atoms with Gasteiger partial charge in [0.2, 0.25) is 0 Å². The molecule has 5 aromatic rings. The molecule has 0 aliphatic carbocycles. The van der Waals surface area contributed by atoms with Crippen LogP contribution in [-0.2, 0) is 13.2 Å². The van der Waals surface area contributed by atoms with Crippen LogP contribution in [0.25, 0.3) is 22.2 Å². The molecule has 0 spiro atoms. The monoisotopic (exact) mass is 449 g/mol. The van der Waals surface area contributed by atoms with E-state index in [9.17, 15) is 4.79 Å². The minimum atomic E-state index is -0.301. The van der Waals surface area contributed by atoms with Crippen LogP contribution in [0.3, 0.4) is 0 Å². The van der Waals surface area contributed by atoms with Crippen LogP contribution in [0.5, 0.6) is 0 Å². The van der Waals surface area contributed by atoms with E-state index in [2.05, 4.69) is 32.4 Å². The second kappa shape index (κ2) is 9.54. The van der Waals surface area contributed by atoms with Gasteiger partial charge in [-0.15, -0.1) is 4.73 Å². The third-order valence-electron chi connectivity index (χ3n) is 5.61. The average Bonchev–Trinajstić information content (AvgIpc) is 2.88. The zero-order valence-corrected chi connectivity index (χ0v) is 18.7. The highest BCUT2D eigenvalue weighted by Crippen LogP contribution is 2.26. The molecular weight excluding hydrogens is 426 g/mol. The lowest BCUT2D eigenvalue weighted by atomic mass is 10.0. The number of pyridine rings is 2. The summed E-state index contributed by atoms with van der Waals surface area (Å²) in [6.07, 6.45) is 5.05. The molecule has 0 aliphatic heterocycles. The molecule has 1 N–H and O–H groups in total. The highest BCUT2D eigenvalue weighted by Gasteiger charge is 2.15. The van der Waals surface area contributed by atoms with Crippen LogP contribution in [-0.4, -0.2) is 19.7 Å². The second-order valence-corrected chi connectivity index (χ2v) is 7.86. The van der Waals surface area contributed by atoms with Crippen molar-refractivity contribution in [3.63, 3.8) is 0 Å². The second-order valence-electron chi connectivity index (χ2n) is 7.86. The molecule has 7 heteroatoms. The molecule has 3 aromatic heterocycles. The van der Waals surface area contributed by atoms with Crippen LogP contribution in [0.2, 0.25) is 0 Å². The molecule has 3 heterocycles. The lowest BCUT2D eigenvalue weighted by molar-refractivity contribution is 0.0979. The summed E-state index contributed by atoms with van der Waals surface area (Å²) in [6, 6.07) is 23.3. The third-order valence-corrected chi connectivity index (χ3v) is 5.61. The van der Waals surface area contributed by atoms with Crippen molar-refractivity contribution >= 4 is 16.7 Å². The van der Waals surface area contributed by atoms with E-state index in [1.165, 1.54) is 17.1 Å². The molecule has 0 bridgehead atoms. The Morgan fingerprint density at radius 1 is 0.971 bits per heavy atom. The number of nitrogens with zero attached hydrogens (tertiary/aromatic N) is 4. The van der Waals surface area contributed by atoms with E-state index >= 15 is 0 Å². The van der Waals surface area contributed by atoms with Gasteiger partial charge in [-0.1, -0.05) is 60.7 Å². The van der Waals surface area contributed by atoms with Crippen LogP contribution < -0.4 is 15.7 Å². The van der Waals surface area contributed by atoms with Gasteiger partial charge in [0.05, 0.1) is 16.8 Å². The molecule has 0 unspecified atom stereocenters. The van der Waals surface area contributed by atoms with Gasteiger partial charge in [0, 0.05) is 30.6 Å². The highest BCUT2D eigenvalue weighted by atomic mass is 16.7. The molecular formula is C27H23N5O2. The van der Waals surface area contributed by atoms with Crippen LogP contribution in [0.15, 0.2) is 96.3 Å². The minimum Gasteiger partial charge on any atom is -0.404 e. The van der Waals surface area contributed by atoms with Gasteiger partial charge in [-0.3, -0.25) is 9.78 Å². The predicted octanol–water partition coefficient (Wildman–Crippen LogP) is 4.40. The molecule has 0 fully saturated rings. The number of benzene rings is 2. The lowest BCUT2D eigenvalue weighted by Gasteiger charge is -2.16. The Balaban J connectivity index is 1.48. The molecule has 0 atom stereocenters. The first-order valence-corrected chi connectivity index (χ1v) is 11.0. The maximum atomic E-state index is 13.0. The van der Waals surface area contributed by atoms with Crippen molar-refractivity contribution in [3.05, 3.63) is 119 Å².